The van der Waals surface area contributed by atoms with Crippen LogP contribution < -0.4 is 0 Å². The minimum atomic E-state index is 0.719. The van der Waals surface area contributed by atoms with Gasteiger partial charge in [0.15, 0.2) is 6.29 Å². The molecule has 14 heavy (non-hydrogen) atoms. The summed E-state index contributed by atoms with van der Waals surface area (Å²) in [5.74, 6) is 0. The van der Waals surface area contributed by atoms with Crippen molar-refractivity contribution in [2.75, 3.05) is 0 Å². The van der Waals surface area contributed by atoms with Crippen LogP contribution in [0.3, 0.4) is 0 Å². The Hall–Kier alpha value is -1.57. The topological polar surface area (TPSA) is 32.9 Å². The number of carbonyl (C=O) groups excluding carboxylic acids is 1. The molecule has 1 N–H and O–H groups in total. The Morgan fingerprint density at radius 2 is 2.21 bits per heavy atom. The van der Waals surface area contributed by atoms with Crippen LogP contribution in [0.15, 0.2) is 18.2 Å². The van der Waals surface area contributed by atoms with Gasteiger partial charge < -0.3 is 4.98 Å². The molecule has 0 aliphatic carbocycles. The lowest BCUT2D eigenvalue weighted by molar-refractivity contribution is 0.111. The third-order valence-corrected chi connectivity index (χ3v) is 2.65. The van der Waals surface area contributed by atoms with Crippen LogP contribution in [-0.2, 0) is 6.42 Å². The lowest BCUT2D eigenvalue weighted by Crippen LogP contribution is -1.85. The van der Waals surface area contributed by atoms with E-state index in [2.05, 4.69) is 18.0 Å². The fourth-order valence-electron chi connectivity index (χ4n) is 1.92. The maximum atomic E-state index is 10.8. The van der Waals surface area contributed by atoms with Gasteiger partial charge in [0.05, 0.1) is 5.69 Å². The average Bonchev–Trinajstić information content (AvgIpc) is 2.57. The SMILES string of the molecule is CCc1c(C=O)[nH]c2c(C)cccc12. The molecule has 0 atom stereocenters. The number of aldehydes is 1. The molecule has 1 aromatic heterocycles. The summed E-state index contributed by atoms with van der Waals surface area (Å²) in [5, 5.41) is 1.18. The van der Waals surface area contributed by atoms with E-state index in [0.29, 0.717) is 0 Å². The molecule has 1 heterocycles. The van der Waals surface area contributed by atoms with Gasteiger partial charge in [-0.2, -0.15) is 0 Å². The second-order valence-electron chi connectivity index (χ2n) is 3.49. The van der Waals surface area contributed by atoms with E-state index in [1.807, 2.05) is 19.1 Å². The zero-order valence-corrected chi connectivity index (χ0v) is 8.42. The number of H-pyrrole nitrogens is 1. The van der Waals surface area contributed by atoms with E-state index >= 15 is 0 Å². The Kier molecular flexibility index (Phi) is 2.12. The second kappa shape index (κ2) is 3.29. The smallest absolute Gasteiger partial charge is 0.166 e. The van der Waals surface area contributed by atoms with Crippen molar-refractivity contribution in [3.8, 4) is 0 Å². The molecule has 2 rings (SSSR count). The predicted molar refractivity (Wildman–Crippen MR) is 57.8 cm³/mol. The normalized spacial score (nSPS) is 10.7. The molecule has 0 amide bonds. The number of rotatable bonds is 2. The highest BCUT2D eigenvalue weighted by atomic mass is 16.1. The van der Waals surface area contributed by atoms with Gasteiger partial charge in [0.2, 0.25) is 0 Å². The number of aromatic nitrogens is 1. The Morgan fingerprint density at radius 1 is 1.43 bits per heavy atom. The molecule has 0 bridgehead atoms. The van der Waals surface area contributed by atoms with E-state index in [0.717, 1.165) is 29.5 Å². The lowest BCUT2D eigenvalue weighted by atomic mass is 10.1. The largest absolute Gasteiger partial charge is 0.352 e. The van der Waals surface area contributed by atoms with Crippen LogP contribution in [0.4, 0.5) is 0 Å². The summed E-state index contributed by atoms with van der Waals surface area (Å²) in [7, 11) is 0. The Balaban J connectivity index is 2.86. The number of hydrogen-bond acceptors (Lipinski definition) is 1. The molecule has 2 nitrogen and oxygen atoms in total. The zero-order chi connectivity index (χ0) is 10.1. The van der Waals surface area contributed by atoms with Crippen LogP contribution in [0.2, 0.25) is 0 Å². The molecule has 0 aliphatic rings. The molecule has 0 unspecified atom stereocenters. The Bertz CT molecular complexity index is 482. The van der Waals surface area contributed by atoms with E-state index < -0.39 is 0 Å². The minimum Gasteiger partial charge on any atom is -0.352 e. The third kappa shape index (κ3) is 1.15. The molecule has 0 spiro atoms. The molecule has 72 valence electrons. The molecular formula is C12H13NO. The third-order valence-electron chi connectivity index (χ3n) is 2.65. The maximum absolute atomic E-state index is 10.8. The van der Waals surface area contributed by atoms with E-state index in [9.17, 15) is 4.79 Å². The van der Waals surface area contributed by atoms with Crippen molar-refractivity contribution in [1.82, 2.24) is 4.98 Å². The molecule has 0 radical (unpaired) electrons. The summed E-state index contributed by atoms with van der Waals surface area (Å²) >= 11 is 0. The first-order chi connectivity index (χ1) is 6.77. The van der Waals surface area contributed by atoms with Gasteiger partial charge in [-0.15, -0.1) is 0 Å². The zero-order valence-electron chi connectivity index (χ0n) is 8.42. The number of nitrogens with one attached hydrogen (secondary N) is 1. The predicted octanol–water partition coefficient (Wildman–Crippen LogP) is 2.85. The van der Waals surface area contributed by atoms with Gasteiger partial charge in [0.25, 0.3) is 0 Å². The van der Waals surface area contributed by atoms with Gasteiger partial charge in [0.1, 0.15) is 0 Å². The van der Waals surface area contributed by atoms with E-state index in [1.165, 1.54) is 10.9 Å². The maximum Gasteiger partial charge on any atom is 0.166 e. The van der Waals surface area contributed by atoms with Crippen LogP contribution in [0.1, 0.15) is 28.5 Å². The molecule has 0 saturated carbocycles. The molecule has 2 aromatic rings. The van der Waals surface area contributed by atoms with Crippen molar-refractivity contribution in [3.05, 3.63) is 35.0 Å². The van der Waals surface area contributed by atoms with E-state index in [4.69, 9.17) is 0 Å². The van der Waals surface area contributed by atoms with Gasteiger partial charge in [0, 0.05) is 10.9 Å². The molecular weight excluding hydrogens is 174 g/mol. The number of benzene rings is 1. The van der Waals surface area contributed by atoms with Crippen LogP contribution in [0.5, 0.6) is 0 Å². The van der Waals surface area contributed by atoms with E-state index in [1.54, 1.807) is 0 Å². The summed E-state index contributed by atoms with van der Waals surface area (Å²) in [4.78, 5) is 14.0. The Labute approximate surface area is 82.9 Å². The highest BCUT2D eigenvalue weighted by Gasteiger charge is 2.09. The van der Waals surface area contributed by atoms with Crippen LogP contribution in [0.25, 0.3) is 10.9 Å². The quantitative estimate of drug-likeness (QED) is 0.720. The Morgan fingerprint density at radius 3 is 2.86 bits per heavy atom. The van der Waals surface area contributed by atoms with Crippen LogP contribution in [0, 0.1) is 6.92 Å². The fourth-order valence-corrected chi connectivity index (χ4v) is 1.92. The summed E-state index contributed by atoms with van der Waals surface area (Å²) in [5.41, 5.74) is 4.12. The first-order valence-corrected chi connectivity index (χ1v) is 4.83. The average molecular weight is 187 g/mol. The number of aryl methyl sites for hydroxylation is 2. The van der Waals surface area contributed by atoms with E-state index in [-0.39, 0.29) is 0 Å². The number of hydrogen-bond donors (Lipinski definition) is 1. The molecule has 2 heteroatoms. The highest BCUT2D eigenvalue weighted by Crippen LogP contribution is 2.24. The number of para-hydroxylation sites is 1. The van der Waals surface area contributed by atoms with Gasteiger partial charge in [-0.05, 0) is 24.5 Å². The van der Waals surface area contributed by atoms with Gasteiger partial charge in [-0.1, -0.05) is 25.1 Å². The van der Waals surface area contributed by atoms with Crippen molar-refractivity contribution in [1.29, 1.82) is 0 Å². The fraction of sp³-hybridized carbons (Fsp3) is 0.250. The molecule has 1 aromatic carbocycles. The lowest BCUT2D eigenvalue weighted by Gasteiger charge is -1.96. The second-order valence-corrected chi connectivity index (χ2v) is 3.49. The number of aromatic amines is 1. The van der Waals surface area contributed by atoms with Crippen LogP contribution >= 0.6 is 0 Å². The van der Waals surface area contributed by atoms with Crippen molar-refractivity contribution in [2.24, 2.45) is 0 Å². The summed E-state index contributed by atoms with van der Waals surface area (Å²) < 4.78 is 0. The minimum absolute atomic E-state index is 0.719. The van der Waals surface area contributed by atoms with Crippen molar-refractivity contribution >= 4 is 17.2 Å². The summed E-state index contributed by atoms with van der Waals surface area (Å²) in [6, 6.07) is 6.14. The number of carbonyl (C=O) groups is 1. The van der Waals surface area contributed by atoms with Crippen molar-refractivity contribution < 1.29 is 4.79 Å². The van der Waals surface area contributed by atoms with Gasteiger partial charge in [-0.3, -0.25) is 4.79 Å². The molecule has 0 fully saturated rings. The highest BCUT2D eigenvalue weighted by molar-refractivity contribution is 5.93. The van der Waals surface area contributed by atoms with Gasteiger partial charge >= 0.3 is 0 Å². The van der Waals surface area contributed by atoms with Crippen molar-refractivity contribution in [3.63, 3.8) is 0 Å². The summed E-state index contributed by atoms with van der Waals surface area (Å²) in [6.07, 6.45) is 1.79. The first-order valence-electron chi connectivity index (χ1n) is 4.83. The first kappa shape index (κ1) is 9.00. The van der Waals surface area contributed by atoms with Gasteiger partial charge in [-0.25, -0.2) is 0 Å². The van der Waals surface area contributed by atoms with Crippen LogP contribution in [-0.4, -0.2) is 11.3 Å². The molecule has 0 saturated heterocycles. The summed E-state index contributed by atoms with van der Waals surface area (Å²) in [6.45, 7) is 4.12. The monoisotopic (exact) mass is 187 g/mol. The number of fused-ring (bicyclic) bond motifs is 1. The van der Waals surface area contributed by atoms with Crippen molar-refractivity contribution in [2.45, 2.75) is 20.3 Å². The standard InChI is InChI=1S/C12H13NO/c1-3-9-10-6-4-5-8(2)12(10)13-11(9)7-14/h4-7,13H,3H2,1-2H3. The molecule has 0 aliphatic heterocycles.